The van der Waals surface area contributed by atoms with E-state index < -0.39 is 0 Å². The van der Waals surface area contributed by atoms with Crippen molar-refractivity contribution in [3.8, 4) is 0 Å². The fraction of sp³-hybridized carbons (Fsp3) is 1.00. The van der Waals surface area contributed by atoms with Gasteiger partial charge in [0.2, 0.25) is 0 Å². The summed E-state index contributed by atoms with van der Waals surface area (Å²) in [6.07, 6.45) is 13.7. The second-order valence-corrected chi connectivity index (χ2v) is 6.81. The molecule has 0 aromatic rings. The molecule has 1 aliphatic heterocycles. The summed E-state index contributed by atoms with van der Waals surface area (Å²) in [7, 11) is 0. The summed E-state index contributed by atoms with van der Waals surface area (Å²) in [6.45, 7) is 9.02. The number of hydrogen-bond acceptors (Lipinski definition) is 3. The zero-order valence-corrected chi connectivity index (χ0v) is 14.1. The van der Waals surface area contributed by atoms with Gasteiger partial charge in [-0.1, -0.05) is 65.2 Å². The van der Waals surface area contributed by atoms with E-state index in [1.807, 2.05) is 0 Å². The van der Waals surface area contributed by atoms with Gasteiger partial charge in [0.1, 0.15) is 0 Å². The van der Waals surface area contributed by atoms with Crippen molar-refractivity contribution in [1.82, 2.24) is 10.2 Å². The van der Waals surface area contributed by atoms with Gasteiger partial charge in [-0.15, -0.1) is 0 Å². The van der Waals surface area contributed by atoms with E-state index in [9.17, 15) is 0 Å². The minimum Gasteiger partial charge on any atom is -0.315 e. The van der Waals surface area contributed by atoms with Crippen LogP contribution in [0.25, 0.3) is 0 Å². The van der Waals surface area contributed by atoms with Gasteiger partial charge in [-0.2, -0.15) is 0 Å². The number of unbranched alkanes of at least 4 members (excludes halogenated alkanes) is 6. The number of rotatable bonds is 11. The highest BCUT2D eigenvalue weighted by Crippen LogP contribution is 2.30. The number of nitrogens with zero attached hydrogens (tertiary/aromatic N) is 1. The first kappa shape index (κ1) is 17.9. The molecule has 1 fully saturated rings. The molecular weight excluding hydrogens is 246 g/mol. The van der Waals surface area contributed by atoms with Crippen LogP contribution < -0.4 is 11.1 Å². The van der Waals surface area contributed by atoms with Crippen LogP contribution in [0.15, 0.2) is 0 Å². The Bertz CT molecular complexity index is 230. The van der Waals surface area contributed by atoms with Crippen molar-refractivity contribution in [2.24, 2.45) is 5.73 Å². The molecule has 1 atom stereocenters. The third-order valence-corrected chi connectivity index (χ3v) is 4.86. The maximum atomic E-state index is 6.02. The normalized spacial score (nSPS) is 20.7. The Kier molecular flexibility index (Phi) is 8.74. The highest BCUT2D eigenvalue weighted by Gasteiger charge is 2.34. The molecule has 120 valence electrons. The molecule has 20 heavy (non-hydrogen) atoms. The fourth-order valence-corrected chi connectivity index (χ4v) is 3.31. The fourth-order valence-electron chi connectivity index (χ4n) is 3.31. The Morgan fingerprint density at radius 2 is 1.55 bits per heavy atom. The van der Waals surface area contributed by atoms with Crippen LogP contribution >= 0.6 is 0 Å². The van der Waals surface area contributed by atoms with Crippen molar-refractivity contribution in [3.05, 3.63) is 0 Å². The molecule has 3 heteroatoms. The van der Waals surface area contributed by atoms with E-state index in [1.54, 1.807) is 0 Å². The first-order chi connectivity index (χ1) is 9.62. The standard InChI is InChI=1S/C17H37N3/c1-4-6-8-10-12-17(3,13-11-9-7-5-2)20-14-16(18)19-15-20/h16,19H,4-15,18H2,1-3H3. The molecule has 3 N–H and O–H groups in total. The van der Waals surface area contributed by atoms with E-state index in [-0.39, 0.29) is 6.17 Å². The van der Waals surface area contributed by atoms with E-state index in [0.717, 1.165) is 13.2 Å². The van der Waals surface area contributed by atoms with Crippen LogP contribution in [0.2, 0.25) is 0 Å². The van der Waals surface area contributed by atoms with Gasteiger partial charge in [-0.05, 0) is 19.8 Å². The van der Waals surface area contributed by atoms with Crippen molar-refractivity contribution < 1.29 is 0 Å². The molecular formula is C17H37N3. The van der Waals surface area contributed by atoms with Crippen LogP contribution in [0.4, 0.5) is 0 Å². The summed E-state index contributed by atoms with van der Waals surface area (Å²) in [4.78, 5) is 2.59. The van der Waals surface area contributed by atoms with Crippen LogP contribution in [0, 0.1) is 0 Å². The molecule has 1 saturated heterocycles. The molecule has 1 rings (SSSR count). The minimum atomic E-state index is 0.167. The summed E-state index contributed by atoms with van der Waals surface area (Å²) in [5.74, 6) is 0. The summed E-state index contributed by atoms with van der Waals surface area (Å²) in [5, 5.41) is 3.38. The molecule has 0 saturated carbocycles. The van der Waals surface area contributed by atoms with Gasteiger partial charge in [0.05, 0.1) is 6.17 Å². The molecule has 0 aromatic carbocycles. The van der Waals surface area contributed by atoms with Gasteiger partial charge < -0.3 is 5.73 Å². The maximum Gasteiger partial charge on any atom is 0.0688 e. The summed E-state index contributed by atoms with van der Waals surface area (Å²) < 4.78 is 0. The second-order valence-electron chi connectivity index (χ2n) is 6.81. The highest BCUT2D eigenvalue weighted by molar-refractivity contribution is 4.90. The van der Waals surface area contributed by atoms with E-state index >= 15 is 0 Å². The lowest BCUT2D eigenvalue weighted by Gasteiger charge is -2.39. The average Bonchev–Trinajstić information content (AvgIpc) is 2.87. The van der Waals surface area contributed by atoms with Crippen molar-refractivity contribution in [2.75, 3.05) is 13.2 Å². The monoisotopic (exact) mass is 283 g/mol. The number of nitrogens with two attached hydrogens (primary N) is 1. The van der Waals surface area contributed by atoms with E-state index in [1.165, 1.54) is 64.2 Å². The van der Waals surface area contributed by atoms with Crippen molar-refractivity contribution in [2.45, 2.75) is 96.7 Å². The van der Waals surface area contributed by atoms with Crippen molar-refractivity contribution in [1.29, 1.82) is 0 Å². The molecule has 1 unspecified atom stereocenters. The van der Waals surface area contributed by atoms with Gasteiger partial charge in [-0.25, -0.2) is 0 Å². The van der Waals surface area contributed by atoms with Crippen LogP contribution in [0.3, 0.4) is 0 Å². The Morgan fingerprint density at radius 3 is 1.95 bits per heavy atom. The van der Waals surface area contributed by atoms with Gasteiger partial charge in [-0.3, -0.25) is 10.2 Å². The molecule has 1 aliphatic rings. The molecule has 0 amide bonds. The zero-order valence-electron chi connectivity index (χ0n) is 14.1. The van der Waals surface area contributed by atoms with E-state index in [2.05, 4.69) is 31.0 Å². The SMILES string of the molecule is CCCCCCC(C)(CCCCCC)N1CNC(N)C1. The largest absolute Gasteiger partial charge is 0.315 e. The van der Waals surface area contributed by atoms with Gasteiger partial charge >= 0.3 is 0 Å². The minimum absolute atomic E-state index is 0.167. The van der Waals surface area contributed by atoms with Gasteiger partial charge in [0, 0.05) is 18.8 Å². The Morgan fingerprint density at radius 1 is 1.00 bits per heavy atom. The lowest BCUT2D eigenvalue weighted by atomic mass is 9.86. The maximum absolute atomic E-state index is 6.02. The lowest BCUT2D eigenvalue weighted by Crippen LogP contribution is -2.46. The topological polar surface area (TPSA) is 41.3 Å². The van der Waals surface area contributed by atoms with Crippen LogP contribution in [-0.2, 0) is 0 Å². The van der Waals surface area contributed by atoms with Crippen LogP contribution in [0.5, 0.6) is 0 Å². The molecule has 0 aromatic heterocycles. The molecule has 1 heterocycles. The Hall–Kier alpha value is -0.120. The summed E-state index contributed by atoms with van der Waals surface area (Å²) in [6, 6.07) is 0. The molecule has 0 radical (unpaired) electrons. The zero-order chi connectivity index (χ0) is 14.8. The first-order valence-corrected chi connectivity index (χ1v) is 8.86. The number of hydrogen-bond donors (Lipinski definition) is 2. The predicted molar refractivity (Wildman–Crippen MR) is 88.6 cm³/mol. The van der Waals surface area contributed by atoms with Crippen molar-refractivity contribution in [3.63, 3.8) is 0 Å². The van der Waals surface area contributed by atoms with Gasteiger partial charge in [0.25, 0.3) is 0 Å². The predicted octanol–water partition coefficient (Wildman–Crippen LogP) is 3.83. The summed E-state index contributed by atoms with van der Waals surface area (Å²) in [5.41, 5.74) is 6.37. The summed E-state index contributed by atoms with van der Waals surface area (Å²) >= 11 is 0. The van der Waals surface area contributed by atoms with E-state index in [4.69, 9.17) is 5.73 Å². The second kappa shape index (κ2) is 9.75. The third kappa shape index (κ3) is 6.11. The van der Waals surface area contributed by atoms with Gasteiger partial charge in [0.15, 0.2) is 0 Å². The molecule has 0 spiro atoms. The first-order valence-electron chi connectivity index (χ1n) is 8.86. The van der Waals surface area contributed by atoms with E-state index in [0.29, 0.717) is 5.54 Å². The third-order valence-electron chi connectivity index (χ3n) is 4.86. The Balaban J connectivity index is 2.43. The lowest BCUT2D eigenvalue weighted by molar-refractivity contribution is 0.104. The van der Waals surface area contributed by atoms with Crippen molar-refractivity contribution >= 4 is 0 Å². The van der Waals surface area contributed by atoms with Crippen LogP contribution in [0.1, 0.15) is 85.0 Å². The highest BCUT2D eigenvalue weighted by atomic mass is 15.4. The van der Waals surface area contributed by atoms with Crippen LogP contribution in [-0.4, -0.2) is 29.8 Å². The average molecular weight is 284 g/mol. The Labute approximate surface area is 126 Å². The molecule has 0 bridgehead atoms. The molecule has 3 nitrogen and oxygen atoms in total. The smallest absolute Gasteiger partial charge is 0.0688 e. The number of nitrogens with one attached hydrogen (secondary N) is 1. The quantitative estimate of drug-likeness (QED) is 0.566. The molecule has 0 aliphatic carbocycles.